The number of hydrogen-bond donors (Lipinski definition) is 0. The van der Waals surface area contributed by atoms with E-state index in [-0.39, 0.29) is 0 Å². The molecule has 2 nitrogen and oxygen atoms in total. The van der Waals surface area contributed by atoms with Gasteiger partial charge >= 0.3 is 0 Å². The summed E-state index contributed by atoms with van der Waals surface area (Å²) in [6.45, 7) is 0. The second kappa shape index (κ2) is 7.52. The number of aromatic nitrogens is 2. The highest BCUT2D eigenvalue weighted by atomic mass is 32.1. The highest BCUT2D eigenvalue weighted by Crippen LogP contribution is 2.46. The molecule has 0 aliphatic heterocycles. The first kappa shape index (κ1) is 19.8. The topological polar surface area (TPSA) is 25.8 Å². The Balaban J connectivity index is 1.09. The second-order valence-corrected chi connectivity index (χ2v) is 14.0. The lowest BCUT2D eigenvalue weighted by atomic mass is 10.1. The van der Waals surface area contributed by atoms with Crippen LogP contribution in [0.3, 0.4) is 0 Å². The number of fused-ring (bicyclic) bond motifs is 6. The van der Waals surface area contributed by atoms with E-state index in [1.165, 1.54) is 47.4 Å². The zero-order valence-corrected chi connectivity index (χ0v) is 22.2. The van der Waals surface area contributed by atoms with Gasteiger partial charge < -0.3 is 0 Å². The van der Waals surface area contributed by atoms with Crippen LogP contribution in [-0.2, 0) is 0 Å². The molecule has 8 rings (SSSR count). The van der Waals surface area contributed by atoms with Gasteiger partial charge in [0.2, 0.25) is 0 Å². The lowest BCUT2D eigenvalue weighted by molar-refractivity contribution is 1.25. The van der Waals surface area contributed by atoms with Crippen molar-refractivity contribution in [2.45, 2.75) is 0 Å². The van der Waals surface area contributed by atoms with Crippen molar-refractivity contribution in [1.82, 2.24) is 9.97 Å². The molecule has 0 aliphatic carbocycles. The van der Waals surface area contributed by atoms with E-state index in [9.17, 15) is 0 Å². The van der Waals surface area contributed by atoms with Crippen LogP contribution in [0.4, 0.5) is 0 Å². The van der Waals surface area contributed by atoms with Crippen LogP contribution >= 0.6 is 68.0 Å². The Bertz CT molecular complexity index is 1810. The third-order valence-corrected chi connectivity index (χ3v) is 13.1. The quantitative estimate of drug-likeness (QED) is 0.221. The van der Waals surface area contributed by atoms with Gasteiger partial charge in [-0.3, -0.25) is 9.97 Å². The van der Waals surface area contributed by atoms with E-state index < -0.39 is 0 Å². The molecule has 8 aromatic heterocycles. The molecule has 8 heteroatoms. The molecule has 0 bridgehead atoms. The van der Waals surface area contributed by atoms with Crippen molar-refractivity contribution in [2.75, 3.05) is 0 Å². The van der Waals surface area contributed by atoms with Gasteiger partial charge in [0.1, 0.15) is 0 Å². The molecule has 0 aromatic carbocycles. The van der Waals surface area contributed by atoms with E-state index in [4.69, 9.17) is 9.97 Å². The van der Waals surface area contributed by atoms with Gasteiger partial charge in [-0.15, -0.1) is 68.0 Å². The highest BCUT2D eigenvalue weighted by molar-refractivity contribution is 7.39. The van der Waals surface area contributed by atoms with E-state index in [0.717, 1.165) is 22.5 Å². The molecule has 0 aliphatic rings. The number of pyridine rings is 2. The van der Waals surface area contributed by atoms with Crippen molar-refractivity contribution in [2.24, 2.45) is 0 Å². The molecular formula is C26H12N2S6. The maximum atomic E-state index is 4.75. The number of thiophene rings is 6. The monoisotopic (exact) mass is 544 g/mol. The molecular weight excluding hydrogens is 533 g/mol. The SMILES string of the molecule is c1cc2sc3cc(-c4ccc(-c5ccc(-c6cc7sc8ccsc8c7s6)cn5)nc4)sc3c2s1. The lowest BCUT2D eigenvalue weighted by Gasteiger charge is -2.03. The highest BCUT2D eigenvalue weighted by Gasteiger charge is 2.14. The minimum Gasteiger partial charge on any atom is -0.254 e. The third kappa shape index (κ3) is 3.00. The Kier molecular flexibility index (Phi) is 4.38. The number of nitrogens with zero attached hydrogens (tertiary/aromatic N) is 2. The Morgan fingerprint density at radius 1 is 0.471 bits per heavy atom. The molecule has 8 aromatic rings. The molecule has 0 N–H and O–H groups in total. The smallest absolute Gasteiger partial charge is 0.0886 e. The molecule has 0 atom stereocenters. The maximum Gasteiger partial charge on any atom is 0.0886 e. The van der Waals surface area contributed by atoms with E-state index in [2.05, 4.69) is 59.3 Å². The van der Waals surface area contributed by atoms with Gasteiger partial charge in [0.05, 0.1) is 30.2 Å². The molecule has 0 saturated carbocycles. The predicted molar refractivity (Wildman–Crippen MR) is 156 cm³/mol. The Hall–Kier alpha value is -2.46. The summed E-state index contributed by atoms with van der Waals surface area (Å²) in [7, 11) is 0. The largest absolute Gasteiger partial charge is 0.254 e. The second-order valence-electron chi connectivity index (χ2n) is 7.90. The first-order valence-electron chi connectivity index (χ1n) is 10.5. The van der Waals surface area contributed by atoms with Crippen LogP contribution in [0.2, 0.25) is 0 Å². The molecule has 0 radical (unpaired) electrons. The summed E-state index contributed by atoms with van der Waals surface area (Å²) in [5, 5.41) is 4.36. The van der Waals surface area contributed by atoms with E-state index in [0.29, 0.717) is 0 Å². The van der Waals surface area contributed by atoms with Gasteiger partial charge in [0.25, 0.3) is 0 Å². The number of rotatable bonds is 3. The van der Waals surface area contributed by atoms with E-state index >= 15 is 0 Å². The zero-order valence-electron chi connectivity index (χ0n) is 17.3. The van der Waals surface area contributed by atoms with Crippen LogP contribution in [-0.4, -0.2) is 9.97 Å². The summed E-state index contributed by atoms with van der Waals surface area (Å²) < 4.78 is 11.2. The fraction of sp³-hybridized carbons (Fsp3) is 0. The normalized spacial score (nSPS) is 12.1. The van der Waals surface area contributed by atoms with Gasteiger partial charge in [0.15, 0.2) is 0 Å². The predicted octanol–water partition coefficient (Wildman–Crippen LogP) is 10.5. The molecule has 162 valence electrons. The minimum absolute atomic E-state index is 0.904. The van der Waals surface area contributed by atoms with Gasteiger partial charge in [-0.25, -0.2) is 0 Å². The van der Waals surface area contributed by atoms with Crippen LogP contribution in [0.5, 0.6) is 0 Å². The molecule has 8 heterocycles. The van der Waals surface area contributed by atoms with Gasteiger partial charge in [-0.1, -0.05) is 0 Å². The Labute approximate surface area is 218 Å². The van der Waals surface area contributed by atoms with Crippen LogP contribution in [0.1, 0.15) is 0 Å². The minimum atomic E-state index is 0.904. The summed E-state index contributed by atoms with van der Waals surface area (Å²) in [6, 6.07) is 17.5. The Morgan fingerprint density at radius 3 is 1.41 bits per heavy atom. The zero-order chi connectivity index (χ0) is 22.2. The van der Waals surface area contributed by atoms with Gasteiger partial charge in [-0.05, 0) is 59.3 Å². The summed E-state index contributed by atoms with van der Waals surface area (Å²) in [4.78, 5) is 12.0. The van der Waals surface area contributed by atoms with Crippen molar-refractivity contribution >= 4 is 106 Å². The molecule has 0 unspecified atom stereocenters. The van der Waals surface area contributed by atoms with Crippen molar-refractivity contribution in [1.29, 1.82) is 0 Å². The molecule has 0 amide bonds. The maximum absolute atomic E-state index is 4.75. The van der Waals surface area contributed by atoms with E-state index in [1.807, 2.05) is 80.4 Å². The summed E-state index contributed by atoms with van der Waals surface area (Å²) >= 11 is 11.1. The average molecular weight is 545 g/mol. The first-order chi connectivity index (χ1) is 16.8. The first-order valence-corrected chi connectivity index (χ1v) is 15.5. The van der Waals surface area contributed by atoms with Gasteiger partial charge in [-0.2, -0.15) is 0 Å². The van der Waals surface area contributed by atoms with E-state index in [1.54, 1.807) is 0 Å². The molecule has 0 fully saturated rings. The summed E-state index contributed by atoms with van der Waals surface area (Å²) in [5.41, 5.74) is 4.14. The molecule has 0 spiro atoms. The van der Waals surface area contributed by atoms with Crippen LogP contribution < -0.4 is 0 Å². The third-order valence-electron chi connectivity index (χ3n) is 5.86. The van der Waals surface area contributed by atoms with Gasteiger partial charge in [0, 0.05) is 52.1 Å². The van der Waals surface area contributed by atoms with Crippen molar-refractivity contribution in [3.8, 4) is 32.3 Å². The standard InChI is InChI=1S/C26H12N2S6/c1-3-15(27-11-13(1)19-9-21-25(33-19)23-17(31-21)5-7-29-23)16-4-2-14(12-28-16)20-10-22-26(34-20)24-18(32-22)6-8-30-24/h1-12H. The fourth-order valence-electron chi connectivity index (χ4n) is 4.21. The summed E-state index contributed by atoms with van der Waals surface area (Å²) in [6.07, 6.45) is 3.96. The molecule has 34 heavy (non-hydrogen) atoms. The van der Waals surface area contributed by atoms with Crippen LogP contribution in [0.25, 0.3) is 69.9 Å². The average Bonchev–Trinajstić information content (AvgIpc) is 3.66. The number of hydrogen-bond acceptors (Lipinski definition) is 8. The fourth-order valence-corrected chi connectivity index (χ4v) is 11.7. The molecule has 0 saturated heterocycles. The van der Waals surface area contributed by atoms with Crippen molar-refractivity contribution in [3.63, 3.8) is 0 Å². The Morgan fingerprint density at radius 2 is 0.971 bits per heavy atom. The van der Waals surface area contributed by atoms with Crippen molar-refractivity contribution < 1.29 is 0 Å². The van der Waals surface area contributed by atoms with Crippen LogP contribution in [0.15, 0.2) is 71.7 Å². The van der Waals surface area contributed by atoms with Crippen molar-refractivity contribution in [3.05, 3.63) is 71.7 Å². The lowest BCUT2D eigenvalue weighted by Crippen LogP contribution is -1.87. The van der Waals surface area contributed by atoms with Crippen LogP contribution in [0, 0.1) is 0 Å². The summed E-state index contributed by atoms with van der Waals surface area (Å²) in [5.74, 6) is 0.